The van der Waals surface area contributed by atoms with Gasteiger partial charge in [-0.1, -0.05) is 61.4 Å². The van der Waals surface area contributed by atoms with Gasteiger partial charge >= 0.3 is 0 Å². The summed E-state index contributed by atoms with van der Waals surface area (Å²) in [6.07, 6.45) is 1.14. The molecule has 0 bridgehead atoms. The Bertz CT molecular complexity index is 824. The van der Waals surface area contributed by atoms with Crippen LogP contribution < -0.4 is 0 Å². The highest BCUT2D eigenvalue weighted by Gasteiger charge is 2.39. The Balaban J connectivity index is 2.55. The third-order valence-electron chi connectivity index (χ3n) is 4.35. The van der Waals surface area contributed by atoms with Gasteiger partial charge in [-0.25, -0.2) is 8.42 Å². The average molecular weight is 358 g/mol. The molecule has 0 radical (unpaired) electrons. The number of carbonyl (C=O) groups is 2. The van der Waals surface area contributed by atoms with Crippen molar-refractivity contribution in [2.24, 2.45) is 5.92 Å². The lowest BCUT2D eigenvalue weighted by atomic mass is 9.93. The van der Waals surface area contributed by atoms with Crippen LogP contribution in [0.25, 0.3) is 0 Å². The molecule has 0 saturated carbocycles. The second-order valence-corrected chi connectivity index (χ2v) is 8.15. The summed E-state index contributed by atoms with van der Waals surface area (Å²) in [4.78, 5) is 24.2. The van der Waals surface area contributed by atoms with E-state index >= 15 is 0 Å². The van der Waals surface area contributed by atoms with E-state index in [2.05, 4.69) is 0 Å². The number of aldehydes is 1. The van der Waals surface area contributed by atoms with Crippen molar-refractivity contribution in [2.45, 2.75) is 36.8 Å². The molecule has 2 aromatic rings. The van der Waals surface area contributed by atoms with Crippen molar-refractivity contribution in [2.75, 3.05) is 0 Å². The molecule has 0 N–H and O–H groups in total. The number of hydrogen-bond donors (Lipinski definition) is 0. The van der Waals surface area contributed by atoms with E-state index in [4.69, 9.17) is 0 Å². The van der Waals surface area contributed by atoms with Crippen LogP contribution in [0.1, 0.15) is 35.7 Å². The normalized spacial score (nSPS) is 13.8. The van der Waals surface area contributed by atoms with Crippen molar-refractivity contribution >= 4 is 21.9 Å². The number of aryl methyl sites for hydroxylation is 1. The van der Waals surface area contributed by atoms with Crippen LogP contribution in [0.5, 0.6) is 0 Å². The zero-order valence-corrected chi connectivity index (χ0v) is 15.2. The molecule has 132 valence electrons. The minimum Gasteiger partial charge on any atom is -0.303 e. The minimum absolute atomic E-state index is 0.0326. The van der Waals surface area contributed by atoms with Gasteiger partial charge in [-0.2, -0.15) is 0 Å². The zero-order chi connectivity index (χ0) is 18.4. The fourth-order valence-electron chi connectivity index (χ4n) is 2.88. The topological polar surface area (TPSA) is 68.3 Å². The van der Waals surface area contributed by atoms with E-state index in [1.165, 1.54) is 12.1 Å². The molecule has 2 atom stereocenters. The van der Waals surface area contributed by atoms with E-state index in [1.807, 2.05) is 6.92 Å². The van der Waals surface area contributed by atoms with Gasteiger partial charge in [0, 0.05) is 12.0 Å². The van der Waals surface area contributed by atoms with Crippen molar-refractivity contribution < 1.29 is 18.0 Å². The molecule has 0 aliphatic carbocycles. The molecule has 5 heteroatoms. The molecule has 0 fully saturated rings. The van der Waals surface area contributed by atoms with E-state index in [1.54, 1.807) is 49.4 Å². The maximum atomic E-state index is 13.2. The van der Waals surface area contributed by atoms with Gasteiger partial charge in [0.2, 0.25) is 0 Å². The van der Waals surface area contributed by atoms with Crippen LogP contribution in [0.15, 0.2) is 59.5 Å². The summed E-state index contributed by atoms with van der Waals surface area (Å²) in [5, 5.41) is -1.27. The lowest BCUT2D eigenvalue weighted by Gasteiger charge is -2.24. The Hall–Kier alpha value is -2.27. The number of carbonyl (C=O) groups excluding carboxylic acids is 2. The first-order valence-electron chi connectivity index (χ1n) is 8.25. The molecule has 0 amide bonds. The lowest BCUT2D eigenvalue weighted by Crippen LogP contribution is -2.37. The second-order valence-electron chi connectivity index (χ2n) is 6.08. The summed E-state index contributed by atoms with van der Waals surface area (Å²) in [6, 6.07) is 14.8. The highest BCUT2D eigenvalue weighted by molar-refractivity contribution is 7.92. The van der Waals surface area contributed by atoms with Crippen LogP contribution in [-0.4, -0.2) is 25.7 Å². The Morgan fingerprint density at radius 2 is 1.64 bits per heavy atom. The molecule has 4 nitrogen and oxygen atoms in total. The molecular formula is C20H22O4S. The summed E-state index contributed by atoms with van der Waals surface area (Å²) in [6.45, 7) is 3.66. The van der Waals surface area contributed by atoms with E-state index < -0.39 is 26.8 Å². The Morgan fingerprint density at radius 3 is 2.16 bits per heavy atom. The monoisotopic (exact) mass is 358 g/mol. The van der Waals surface area contributed by atoms with Crippen molar-refractivity contribution in [3.8, 4) is 0 Å². The molecule has 0 aliphatic rings. The second kappa shape index (κ2) is 8.21. The number of ketones is 1. The van der Waals surface area contributed by atoms with Gasteiger partial charge in [0.1, 0.15) is 11.5 Å². The smallest absolute Gasteiger partial charge is 0.188 e. The van der Waals surface area contributed by atoms with Gasteiger partial charge in [-0.3, -0.25) is 4.79 Å². The van der Waals surface area contributed by atoms with Crippen LogP contribution in [0.3, 0.4) is 0 Å². The predicted molar refractivity (Wildman–Crippen MR) is 97.4 cm³/mol. The van der Waals surface area contributed by atoms with Gasteiger partial charge < -0.3 is 4.79 Å². The number of sulfone groups is 1. The fourth-order valence-corrected chi connectivity index (χ4v) is 4.91. The molecule has 2 rings (SSSR count). The molecule has 0 heterocycles. The molecular weight excluding hydrogens is 336 g/mol. The third-order valence-corrected chi connectivity index (χ3v) is 6.55. The van der Waals surface area contributed by atoms with Crippen molar-refractivity contribution in [3.63, 3.8) is 0 Å². The zero-order valence-electron chi connectivity index (χ0n) is 14.4. The van der Waals surface area contributed by atoms with Gasteiger partial charge in [0.25, 0.3) is 0 Å². The molecule has 0 spiro atoms. The highest BCUT2D eigenvalue weighted by atomic mass is 32.2. The Labute approximate surface area is 148 Å². The number of hydrogen-bond acceptors (Lipinski definition) is 4. The summed E-state index contributed by atoms with van der Waals surface area (Å²) >= 11 is 0. The van der Waals surface area contributed by atoms with Crippen LogP contribution >= 0.6 is 0 Å². The number of benzene rings is 2. The van der Waals surface area contributed by atoms with E-state index in [0.717, 1.165) is 5.56 Å². The predicted octanol–water partition coefficient (Wildman–Crippen LogP) is 3.64. The minimum atomic E-state index is -3.91. The van der Waals surface area contributed by atoms with Crippen LogP contribution in [0, 0.1) is 12.8 Å². The van der Waals surface area contributed by atoms with E-state index in [0.29, 0.717) is 18.3 Å². The highest BCUT2D eigenvalue weighted by Crippen LogP contribution is 2.29. The lowest BCUT2D eigenvalue weighted by molar-refractivity contribution is -0.108. The molecule has 0 aromatic heterocycles. The Morgan fingerprint density at radius 1 is 1.04 bits per heavy atom. The summed E-state index contributed by atoms with van der Waals surface area (Å²) in [5.74, 6) is -1.02. The van der Waals surface area contributed by atoms with Crippen LogP contribution in [0.4, 0.5) is 0 Å². The quantitative estimate of drug-likeness (QED) is 0.534. The van der Waals surface area contributed by atoms with E-state index in [9.17, 15) is 18.0 Å². The standard InChI is InChI=1S/C20H22O4S/c1-3-16(13-14-21)20(19(22)17-7-5-4-6-8-17)25(23,24)18-11-9-15(2)10-12-18/h4-12,14,16,20H,3,13H2,1-2H3/t16-,20-/m1/s1. The molecule has 25 heavy (non-hydrogen) atoms. The van der Waals surface area contributed by atoms with E-state index in [-0.39, 0.29) is 11.3 Å². The van der Waals surface area contributed by atoms with Crippen molar-refractivity contribution in [1.29, 1.82) is 0 Å². The van der Waals surface area contributed by atoms with Crippen molar-refractivity contribution in [3.05, 3.63) is 65.7 Å². The third kappa shape index (κ3) is 4.23. The summed E-state index contributed by atoms with van der Waals surface area (Å²) in [7, 11) is -3.91. The molecule has 0 aliphatic heterocycles. The van der Waals surface area contributed by atoms with Gasteiger partial charge in [0.05, 0.1) is 4.90 Å². The van der Waals surface area contributed by atoms with Gasteiger partial charge in [-0.15, -0.1) is 0 Å². The summed E-state index contributed by atoms with van der Waals surface area (Å²) in [5.41, 5.74) is 1.28. The van der Waals surface area contributed by atoms with Crippen LogP contribution in [0.2, 0.25) is 0 Å². The van der Waals surface area contributed by atoms with Crippen molar-refractivity contribution in [1.82, 2.24) is 0 Å². The average Bonchev–Trinajstić information content (AvgIpc) is 2.62. The fraction of sp³-hybridized carbons (Fsp3) is 0.300. The largest absolute Gasteiger partial charge is 0.303 e. The van der Waals surface area contributed by atoms with Crippen LogP contribution in [-0.2, 0) is 14.6 Å². The van der Waals surface area contributed by atoms with Gasteiger partial charge in [-0.05, 0) is 25.0 Å². The molecule has 2 aromatic carbocycles. The number of rotatable bonds is 8. The maximum absolute atomic E-state index is 13.2. The van der Waals surface area contributed by atoms with Gasteiger partial charge in [0.15, 0.2) is 15.6 Å². The first kappa shape index (κ1) is 19.1. The molecule has 0 saturated heterocycles. The number of Topliss-reactive ketones (excluding diaryl/α,β-unsaturated/α-hetero) is 1. The summed E-state index contributed by atoms with van der Waals surface area (Å²) < 4.78 is 26.4. The Kier molecular flexibility index (Phi) is 6.26. The maximum Gasteiger partial charge on any atom is 0.188 e. The first-order chi connectivity index (χ1) is 11.9. The SMILES string of the molecule is CC[C@H](CC=O)[C@H](C(=O)c1ccccc1)S(=O)(=O)c1ccc(C)cc1. The first-order valence-corrected chi connectivity index (χ1v) is 9.80. The molecule has 0 unspecified atom stereocenters.